The Bertz CT molecular complexity index is 379. The van der Waals surface area contributed by atoms with E-state index < -0.39 is 0 Å². The average molecular weight is 258 g/mol. The first-order valence-corrected chi connectivity index (χ1v) is 6.22. The topological polar surface area (TPSA) is 73.6 Å². The number of rotatable bonds is 6. The van der Waals surface area contributed by atoms with Gasteiger partial charge in [0.1, 0.15) is 4.88 Å². The van der Waals surface area contributed by atoms with Crippen molar-refractivity contribution < 1.29 is 14.3 Å². The zero-order chi connectivity index (χ0) is 12.8. The first kappa shape index (κ1) is 13.8. The second-order valence-corrected chi connectivity index (χ2v) is 4.67. The van der Waals surface area contributed by atoms with E-state index in [0.29, 0.717) is 23.8 Å². The van der Waals surface area contributed by atoms with Crippen LogP contribution in [0.5, 0.6) is 0 Å². The van der Waals surface area contributed by atoms with Gasteiger partial charge in [-0.1, -0.05) is 0 Å². The minimum Gasteiger partial charge on any atom is -0.462 e. The van der Waals surface area contributed by atoms with Crippen LogP contribution in [0.1, 0.15) is 23.5 Å². The molecule has 0 saturated heterocycles. The van der Waals surface area contributed by atoms with Gasteiger partial charge in [-0.25, -0.2) is 4.79 Å². The number of anilines is 2. The Hall–Kier alpha value is -1.27. The molecule has 6 heteroatoms. The van der Waals surface area contributed by atoms with Gasteiger partial charge in [-0.15, -0.1) is 11.3 Å². The number of nitrogen functional groups attached to an aromatic ring is 1. The monoisotopic (exact) mass is 258 g/mol. The molecule has 0 aromatic carbocycles. The molecular weight excluding hydrogens is 240 g/mol. The van der Waals surface area contributed by atoms with Crippen LogP contribution < -0.4 is 11.1 Å². The maximum atomic E-state index is 11.5. The highest BCUT2D eigenvalue weighted by atomic mass is 32.1. The molecule has 0 aliphatic rings. The Morgan fingerprint density at radius 3 is 2.94 bits per heavy atom. The number of hydrogen-bond donors (Lipinski definition) is 2. The number of carbonyl (C=O) groups is 1. The molecule has 0 fully saturated rings. The summed E-state index contributed by atoms with van der Waals surface area (Å²) < 4.78 is 9.93. The Kier molecular flexibility index (Phi) is 5.24. The SMILES string of the molecule is CCOC(=O)c1sc(NC(C)COC)cc1N. The summed E-state index contributed by atoms with van der Waals surface area (Å²) in [5.74, 6) is -0.373. The third kappa shape index (κ3) is 3.90. The predicted octanol–water partition coefficient (Wildman–Crippen LogP) is 1.95. The summed E-state index contributed by atoms with van der Waals surface area (Å²) in [6.07, 6.45) is 0. The molecule has 0 aliphatic heterocycles. The Labute approximate surface area is 105 Å². The van der Waals surface area contributed by atoms with E-state index in [4.69, 9.17) is 15.2 Å². The Morgan fingerprint density at radius 1 is 1.65 bits per heavy atom. The van der Waals surface area contributed by atoms with Gasteiger partial charge in [-0.2, -0.15) is 0 Å². The highest BCUT2D eigenvalue weighted by molar-refractivity contribution is 7.18. The molecule has 0 amide bonds. The minimum atomic E-state index is -0.373. The van der Waals surface area contributed by atoms with Gasteiger partial charge in [-0.05, 0) is 19.9 Å². The highest BCUT2D eigenvalue weighted by Gasteiger charge is 2.16. The number of methoxy groups -OCH3 is 1. The van der Waals surface area contributed by atoms with Crippen molar-refractivity contribution in [3.8, 4) is 0 Å². The molecule has 5 nitrogen and oxygen atoms in total. The fourth-order valence-corrected chi connectivity index (χ4v) is 2.35. The minimum absolute atomic E-state index is 0.160. The molecule has 0 bridgehead atoms. The van der Waals surface area contributed by atoms with Gasteiger partial charge in [0.25, 0.3) is 0 Å². The summed E-state index contributed by atoms with van der Waals surface area (Å²) in [4.78, 5) is 12.0. The normalized spacial score (nSPS) is 12.2. The first-order chi connectivity index (χ1) is 8.08. The standard InChI is InChI=1S/C11H18N2O3S/c1-4-16-11(14)10-8(12)5-9(17-10)13-7(2)6-15-3/h5,7,13H,4,6,12H2,1-3H3. The molecule has 96 valence electrons. The Morgan fingerprint density at radius 2 is 2.35 bits per heavy atom. The predicted molar refractivity (Wildman–Crippen MR) is 69.6 cm³/mol. The van der Waals surface area contributed by atoms with Crippen LogP contribution in [0.25, 0.3) is 0 Å². The summed E-state index contributed by atoms with van der Waals surface area (Å²) in [5, 5.41) is 4.05. The van der Waals surface area contributed by atoms with Crippen molar-refractivity contribution in [2.45, 2.75) is 19.9 Å². The number of esters is 1. The van der Waals surface area contributed by atoms with Crippen LogP contribution in [0.15, 0.2) is 6.07 Å². The summed E-state index contributed by atoms with van der Waals surface area (Å²) in [7, 11) is 1.64. The number of carbonyl (C=O) groups excluding carboxylic acids is 1. The van der Waals surface area contributed by atoms with Crippen molar-refractivity contribution in [3.63, 3.8) is 0 Å². The number of ether oxygens (including phenoxy) is 2. The van der Waals surface area contributed by atoms with Crippen molar-refractivity contribution in [2.75, 3.05) is 31.4 Å². The smallest absolute Gasteiger partial charge is 0.350 e. The zero-order valence-electron chi connectivity index (χ0n) is 10.3. The Balaban J connectivity index is 2.70. The van der Waals surface area contributed by atoms with Crippen molar-refractivity contribution in [1.82, 2.24) is 0 Å². The lowest BCUT2D eigenvalue weighted by Crippen LogP contribution is -2.19. The summed E-state index contributed by atoms with van der Waals surface area (Å²) in [6.45, 7) is 4.69. The lowest BCUT2D eigenvalue weighted by Gasteiger charge is -2.11. The summed E-state index contributed by atoms with van der Waals surface area (Å²) in [5.41, 5.74) is 6.21. The average Bonchev–Trinajstić information content (AvgIpc) is 2.60. The van der Waals surface area contributed by atoms with Crippen LogP contribution in [0.2, 0.25) is 0 Å². The summed E-state index contributed by atoms with van der Waals surface area (Å²) in [6, 6.07) is 1.90. The van der Waals surface area contributed by atoms with E-state index in [9.17, 15) is 4.79 Å². The molecule has 1 aromatic heterocycles. The van der Waals surface area contributed by atoms with Crippen LogP contribution >= 0.6 is 11.3 Å². The second-order valence-electron chi connectivity index (χ2n) is 3.62. The summed E-state index contributed by atoms with van der Waals surface area (Å²) >= 11 is 1.30. The van der Waals surface area contributed by atoms with Crippen LogP contribution in [0.3, 0.4) is 0 Å². The fraction of sp³-hybridized carbons (Fsp3) is 0.545. The van der Waals surface area contributed by atoms with E-state index in [1.54, 1.807) is 20.1 Å². The van der Waals surface area contributed by atoms with E-state index in [0.717, 1.165) is 5.00 Å². The van der Waals surface area contributed by atoms with Gasteiger partial charge in [0.15, 0.2) is 0 Å². The molecule has 0 saturated carbocycles. The van der Waals surface area contributed by atoms with Crippen molar-refractivity contribution in [2.24, 2.45) is 0 Å². The van der Waals surface area contributed by atoms with Crippen molar-refractivity contribution in [3.05, 3.63) is 10.9 Å². The largest absolute Gasteiger partial charge is 0.462 e. The first-order valence-electron chi connectivity index (χ1n) is 5.40. The number of hydrogen-bond acceptors (Lipinski definition) is 6. The maximum Gasteiger partial charge on any atom is 0.350 e. The molecule has 1 heterocycles. The molecular formula is C11H18N2O3S. The molecule has 3 N–H and O–H groups in total. The van der Waals surface area contributed by atoms with E-state index in [-0.39, 0.29) is 12.0 Å². The number of thiophene rings is 1. The van der Waals surface area contributed by atoms with Crippen molar-refractivity contribution >= 4 is 28.0 Å². The number of nitrogens with two attached hydrogens (primary N) is 1. The maximum absolute atomic E-state index is 11.5. The third-order valence-corrected chi connectivity index (χ3v) is 3.09. The van der Waals surface area contributed by atoms with Gasteiger partial charge in [0, 0.05) is 13.2 Å². The lowest BCUT2D eigenvalue weighted by molar-refractivity contribution is 0.0533. The van der Waals surface area contributed by atoms with E-state index in [1.807, 2.05) is 6.92 Å². The highest BCUT2D eigenvalue weighted by Crippen LogP contribution is 2.30. The lowest BCUT2D eigenvalue weighted by atomic mass is 10.3. The molecule has 0 spiro atoms. The van der Waals surface area contributed by atoms with Crippen LogP contribution in [-0.4, -0.2) is 32.3 Å². The fourth-order valence-electron chi connectivity index (χ4n) is 1.37. The number of nitrogens with one attached hydrogen (secondary N) is 1. The quantitative estimate of drug-likeness (QED) is 0.763. The molecule has 0 radical (unpaired) electrons. The van der Waals surface area contributed by atoms with Crippen LogP contribution in [0, 0.1) is 0 Å². The van der Waals surface area contributed by atoms with E-state index >= 15 is 0 Å². The van der Waals surface area contributed by atoms with Crippen LogP contribution in [0.4, 0.5) is 10.7 Å². The van der Waals surface area contributed by atoms with Crippen LogP contribution in [-0.2, 0) is 9.47 Å². The van der Waals surface area contributed by atoms with Gasteiger partial charge in [0.2, 0.25) is 0 Å². The molecule has 1 atom stereocenters. The third-order valence-electron chi connectivity index (χ3n) is 2.03. The molecule has 0 aliphatic carbocycles. The molecule has 1 unspecified atom stereocenters. The van der Waals surface area contributed by atoms with E-state index in [1.165, 1.54) is 11.3 Å². The molecule has 17 heavy (non-hydrogen) atoms. The van der Waals surface area contributed by atoms with Crippen molar-refractivity contribution in [1.29, 1.82) is 0 Å². The van der Waals surface area contributed by atoms with Gasteiger partial charge < -0.3 is 20.5 Å². The van der Waals surface area contributed by atoms with E-state index in [2.05, 4.69) is 5.32 Å². The molecule has 1 rings (SSSR count). The van der Waals surface area contributed by atoms with Gasteiger partial charge in [0.05, 0.1) is 23.9 Å². The zero-order valence-corrected chi connectivity index (χ0v) is 11.1. The molecule has 1 aromatic rings. The van der Waals surface area contributed by atoms with Gasteiger partial charge >= 0.3 is 5.97 Å². The second kappa shape index (κ2) is 6.46. The van der Waals surface area contributed by atoms with Gasteiger partial charge in [-0.3, -0.25) is 0 Å².